The minimum absolute atomic E-state index is 0.703. The van der Waals surface area contributed by atoms with Crippen molar-refractivity contribution in [2.45, 2.75) is 12.8 Å². The Morgan fingerprint density at radius 1 is 1.14 bits per heavy atom. The van der Waals surface area contributed by atoms with Gasteiger partial charge in [-0.25, -0.2) is 0 Å². The third-order valence-corrected chi connectivity index (χ3v) is 2.18. The summed E-state index contributed by atoms with van der Waals surface area (Å²) in [7, 11) is 0. The Labute approximate surface area is 83.0 Å². The lowest BCUT2D eigenvalue weighted by molar-refractivity contribution is 0.794. The zero-order valence-electron chi connectivity index (χ0n) is 7.98. The molecular formula is C11H13N3. The van der Waals surface area contributed by atoms with Crippen molar-refractivity contribution in [2.75, 3.05) is 6.54 Å². The molecule has 1 aromatic heterocycles. The fraction of sp³-hybridized carbons (Fsp3) is 0.273. The molecule has 1 aromatic carbocycles. The van der Waals surface area contributed by atoms with Crippen molar-refractivity contribution in [3.63, 3.8) is 0 Å². The second kappa shape index (κ2) is 4.15. The molecule has 0 unspecified atom stereocenters. The predicted octanol–water partition coefficient (Wildman–Crippen LogP) is 1.52. The molecule has 0 amide bonds. The monoisotopic (exact) mass is 187 g/mol. The van der Waals surface area contributed by atoms with Crippen molar-refractivity contribution in [1.29, 1.82) is 0 Å². The number of rotatable bonds is 3. The lowest BCUT2D eigenvalue weighted by Gasteiger charge is -2.00. The summed E-state index contributed by atoms with van der Waals surface area (Å²) in [5.74, 6) is 0. The standard InChI is InChI=1S/C11H13N3/c12-7-3-5-10-8-9-4-1-2-6-11(9)14-13-10/h1-2,4,6,8H,3,5,7,12H2. The fourth-order valence-corrected chi connectivity index (χ4v) is 1.43. The predicted molar refractivity (Wildman–Crippen MR) is 56.9 cm³/mol. The van der Waals surface area contributed by atoms with E-state index in [4.69, 9.17) is 5.73 Å². The Balaban J connectivity index is 2.32. The molecule has 2 rings (SSSR count). The lowest BCUT2D eigenvalue weighted by atomic mass is 10.1. The maximum atomic E-state index is 5.44. The molecule has 0 saturated carbocycles. The van der Waals surface area contributed by atoms with Gasteiger partial charge < -0.3 is 5.73 Å². The highest BCUT2D eigenvalue weighted by atomic mass is 15.1. The van der Waals surface area contributed by atoms with E-state index in [2.05, 4.69) is 22.3 Å². The molecule has 14 heavy (non-hydrogen) atoms. The Kier molecular flexibility index (Phi) is 2.70. The summed E-state index contributed by atoms with van der Waals surface area (Å²) >= 11 is 0. The van der Waals surface area contributed by atoms with Crippen LogP contribution in [0.4, 0.5) is 0 Å². The van der Waals surface area contributed by atoms with Gasteiger partial charge in [-0.05, 0) is 31.5 Å². The zero-order valence-corrected chi connectivity index (χ0v) is 7.98. The molecule has 72 valence electrons. The Bertz CT molecular complexity index is 426. The smallest absolute Gasteiger partial charge is 0.0929 e. The van der Waals surface area contributed by atoms with Crippen molar-refractivity contribution in [1.82, 2.24) is 10.2 Å². The largest absolute Gasteiger partial charge is 0.330 e. The third-order valence-electron chi connectivity index (χ3n) is 2.18. The van der Waals surface area contributed by atoms with Crippen LogP contribution in [0.25, 0.3) is 10.9 Å². The summed E-state index contributed by atoms with van der Waals surface area (Å²) in [4.78, 5) is 0. The number of aromatic nitrogens is 2. The summed E-state index contributed by atoms with van der Waals surface area (Å²) in [6, 6.07) is 10.1. The van der Waals surface area contributed by atoms with E-state index in [0.717, 1.165) is 29.4 Å². The third kappa shape index (κ3) is 1.88. The molecular weight excluding hydrogens is 174 g/mol. The van der Waals surface area contributed by atoms with Gasteiger partial charge in [-0.3, -0.25) is 0 Å². The van der Waals surface area contributed by atoms with Crippen LogP contribution < -0.4 is 5.73 Å². The van der Waals surface area contributed by atoms with Crippen LogP contribution >= 0.6 is 0 Å². The molecule has 0 bridgehead atoms. The Morgan fingerprint density at radius 2 is 2.00 bits per heavy atom. The molecule has 1 heterocycles. The first-order chi connectivity index (χ1) is 6.90. The van der Waals surface area contributed by atoms with Gasteiger partial charge in [-0.2, -0.15) is 10.2 Å². The van der Waals surface area contributed by atoms with E-state index in [-0.39, 0.29) is 0 Å². The van der Waals surface area contributed by atoms with E-state index in [1.807, 2.05) is 18.2 Å². The molecule has 0 spiro atoms. The Hall–Kier alpha value is -1.48. The zero-order chi connectivity index (χ0) is 9.80. The number of hydrogen-bond acceptors (Lipinski definition) is 3. The number of hydrogen-bond donors (Lipinski definition) is 1. The van der Waals surface area contributed by atoms with Crippen molar-refractivity contribution in [3.8, 4) is 0 Å². The van der Waals surface area contributed by atoms with Gasteiger partial charge in [0.15, 0.2) is 0 Å². The van der Waals surface area contributed by atoms with Crippen molar-refractivity contribution < 1.29 is 0 Å². The molecule has 0 saturated heterocycles. The van der Waals surface area contributed by atoms with E-state index in [9.17, 15) is 0 Å². The molecule has 2 N–H and O–H groups in total. The van der Waals surface area contributed by atoms with Crippen LogP contribution in [0, 0.1) is 0 Å². The van der Waals surface area contributed by atoms with E-state index in [0.29, 0.717) is 6.54 Å². The molecule has 0 radical (unpaired) electrons. The fourth-order valence-electron chi connectivity index (χ4n) is 1.43. The van der Waals surface area contributed by atoms with Crippen LogP contribution in [0.1, 0.15) is 12.1 Å². The lowest BCUT2D eigenvalue weighted by Crippen LogP contribution is -2.02. The second-order valence-corrected chi connectivity index (χ2v) is 3.29. The molecule has 3 heteroatoms. The molecule has 2 aromatic rings. The van der Waals surface area contributed by atoms with Gasteiger partial charge in [0.1, 0.15) is 0 Å². The quantitative estimate of drug-likeness (QED) is 0.792. The molecule has 0 aliphatic rings. The van der Waals surface area contributed by atoms with Crippen molar-refractivity contribution in [3.05, 3.63) is 36.0 Å². The first-order valence-electron chi connectivity index (χ1n) is 4.81. The summed E-state index contributed by atoms with van der Waals surface area (Å²) in [5, 5.41) is 9.43. The first kappa shape index (κ1) is 9.09. The molecule has 0 aliphatic carbocycles. The Morgan fingerprint density at radius 3 is 2.86 bits per heavy atom. The highest BCUT2D eigenvalue weighted by molar-refractivity contribution is 5.77. The minimum atomic E-state index is 0.703. The maximum Gasteiger partial charge on any atom is 0.0929 e. The second-order valence-electron chi connectivity index (χ2n) is 3.29. The van der Waals surface area contributed by atoms with Gasteiger partial charge in [0.05, 0.1) is 11.2 Å². The highest BCUT2D eigenvalue weighted by Crippen LogP contribution is 2.11. The SMILES string of the molecule is NCCCc1cc2ccccc2nn1. The van der Waals surface area contributed by atoms with Crippen LogP contribution in [-0.4, -0.2) is 16.7 Å². The van der Waals surface area contributed by atoms with E-state index >= 15 is 0 Å². The minimum Gasteiger partial charge on any atom is -0.330 e. The normalized spacial score (nSPS) is 10.6. The molecule has 0 aliphatic heterocycles. The number of nitrogens with zero attached hydrogens (tertiary/aromatic N) is 2. The highest BCUT2D eigenvalue weighted by Gasteiger charge is 1.98. The number of aryl methyl sites for hydroxylation is 1. The number of benzene rings is 1. The van der Waals surface area contributed by atoms with Gasteiger partial charge in [-0.15, -0.1) is 0 Å². The van der Waals surface area contributed by atoms with Gasteiger partial charge in [0.2, 0.25) is 0 Å². The van der Waals surface area contributed by atoms with Crippen molar-refractivity contribution >= 4 is 10.9 Å². The van der Waals surface area contributed by atoms with Gasteiger partial charge in [0.25, 0.3) is 0 Å². The average Bonchev–Trinajstić information content (AvgIpc) is 2.26. The van der Waals surface area contributed by atoms with E-state index in [1.165, 1.54) is 0 Å². The molecule has 0 atom stereocenters. The number of fused-ring (bicyclic) bond motifs is 1. The van der Waals surface area contributed by atoms with Crippen LogP contribution in [0.15, 0.2) is 30.3 Å². The average molecular weight is 187 g/mol. The van der Waals surface area contributed by atoms with Crippen LogP contribution in [0.3, 0.4) is 0 Å². The van der Waals surface area contributed by atoms with Crippen LogP contribution in [0.2, 0.25) is 0 Å². The maximum absolute atomic E-state index is 5.44. The van der Waals surface area contributed by atoms with Gasteiger partial charge in [0, 0.05) is 5.39 Å². The summed E-state index contributed by atoms with van der Waals surface area (Å²) in [6.45, 7) is 0.703. The summed E-state index contributed by atoms with van der Waals surface area (Å²) < 4.78 is 0. The van der Waals surface area contributed by atoms with Crippen LogP contribution in [0.5, 0.6) is 0 Å². The van der Waals surface area contributed by atoms with Crippen molar-refractivity contribution in [2.24, 2.45) is 5.73 Å². The molecule has 0 fully saturated rings. The van der Waals surface area contributed by atoms with Gasteiger partial charge in [-0.1, -0.05) is 18.2 Å². The summed E-state index contributed by atoms with van der Waals surface area (Å²) in [5.41, 5.74) is 7.41. The van der Waals surface area contributed by atoms with E-state index < -0.39 is 0 Å². The topological polar surface area (TPSA) is 51.8 Å². The first-order valence-corrected chi connectivity index (χ1v) is 4.81. The van der Waals surface area contributed by atoms with E-state index in [1.54, 1.807) is 0 Å². The van der Waals surface area contributed by atoms with Crippen LogP contribution in [-0.2, 0) is 6.42 Å². The molecule has 3 nitrogen and oxygen atoms in total. The summed E-state index contributed by atoms with van der Waals surface area (Å²) in [6.07, 6.45) is 1.88. The van der Waals surface area contributed by atoms with Gasteiger partial charge >= 0.3 is 0 Å². The number of nitrogens with two attached hydrogens (primary N) is 1.